The van der Waals surface area contributed by atoms with Gasteiger partial charge in [0.2, 0.25) is 11.8 Å². The Balaban J connectivity index is 1.34. The molecule has 8 heteroatoms. The summed E-state index contributed by atoms with van der Waals surface area (Å²) in [6, 6.07) is 5.13. The maximum absolute atomic E-state index is 14.7. The normalized spacial score (nSPS) is 24.9. The molecule has 3 saturated heterocycles. The SMILES string of the molecule is O=C1CCC(Nc2ccc(N3CCC(N4CCNCC4)CC3)c(F)c2)C(=O)N1. The van der Waals surface area contributed by atoms with E-state index >= 15 is 0 Å². The van der Waals surface area contributed by atoms with E-state index in [4.69, 9.17) is 0 Å². The highest BCUT2D eigenvalue weighted by molar-refractivity contribution is 6.01. The lowest BCUT2D eigenvalue weighted by Gasteiger charge is -2.41. The predicted octanol–water partition coefficient (Wildman–Crippen LogP) is 0.917. The third-order valence-corrected chi connectivity index (χ3v) is 6.00. The summed E-state index contributed by atoms with van der Waals surface area (Å²) < 4.78 is 14.7. The highest BCUT2D eigenvalue weighted by Gasteiger charge is 2.28. The number of anilines is 2. The van der Waals surface area contributed by atoms with Crippen LogP contribution in [0.15, 0.2) is 18.2 Å². The Kier molecular flexibility index (Phi) is 5.77. The fraction of sp³-hybridized carbons (Fsp3) is 0.600. The van der Waals surface area contributed by atoms with Crippen molar-refractivity contribution in [3.63, 3.8) is 0 Å². The van der Waals surface area contributed by atoms with Gasteiger partial charge in [0.15, 0.2) is 0 Å². The van der Waals surface area contributed by atoms with Crippen molar-refractivity contribution in [1.82, 2.24) is 15.5 Å². The number of imide groups is 1. The molecule has 1 aromatic rings. The number of amides is 2. The quantitative estimate of drug-likeness (QED) is 0.665. The molecule has 28 heavy (non-hydrogen) atoms. The van der Waals surface area contributed by atoms with Gasteiger partial charge >= 0.3 is 0 Å². The number of nitrogens with zero attached hydrogens (tertiary/aromatic N) is 2. The number of carbonyl (C=O) groups excluding carboxylic acids is 2. The molecule has 4 rings (SSSR count). The van der Waals surface area contributed by atoms with Gasteiger partial charge in [0.1, 0.15) is 11.9 Å². The Morgan fingerprint density at radius 2 is 1.79 bits per heavy atom. The van der Waals surface area contributed by atoms with Gasteiger partial charge < -0.3 is 15.5 Å². The van der Waals surface area contributed by atoms with Crippen molar-refractivity contribution in [2.45, 2.75) is 37.8 Å². The van der Waals surface area contributed by atoms with Crippen LogP contribution < -0.4 is 20.9 Å². The van der Waals surface area contributed by atoms with Crippen LogP contribution in [0.3, 0.4) is 0 Å². The van der Waals surface area contributed by atoms with Crippen LogP contribution in [0.4, 0.5) is 15.8 Å². The molecule has 0 aliphatic carbocycles. The summed E-state index contributed by atoms with van der Waals surface area (Å²) >= 11 is 0. The highest BCUT2D eigenvalue weighted by Crippen LogP contribution is 2.28. The minimum atomic E-state index is -0.502. The van der Waals surface area contributed by atoms with Crippen molar-refractivity contribution in [2.75, 3.05) is 49.5 Å². The molecule has 2 amide bonds. The average Bonchev–Trinajstić information content (AvgIpc) is 2.71. The maximum atomic E-state index is 14.7. The Morgan fingerprint density at radius 3 is 2.46 bits per heavy atom. The second-order valence-corrected chi connectivity index (χ2v) is 7.82. The molecular formula is C20H28FN5O2. The van der Waals surface area contributed by atoms with Crippen molar-refractivity contribution in [3.8, 4) is 0 Å². The van der Waals surface area contributed by atoms with E-state index in [0.717, 1.165) is 52.1 Å². The molecule has 3 aliphatic rings. The largest absolute Gasteiger partial charge is 0.374 e. The van der Waals surface area contributed by atoms with Crippen LogP contribution in [-0.4, -0.2) is 68.1 Å². The first-order valence-corrected chi connectivity index (χ1v) is 10.2. The van der Waals surface area contributed by atoms with Gasteiger partial charge in [0.05, 0.1) is 5.69 Å². The van der Waals surface area contributed by atoms with Crippen LogP contribution in [0.25, 0.3) is 0 Å². The fourth-order valence-electron chi connectivity index (χ4n) is 4.40. The van der Waals surface area contributed by atoms with E-state index in [1.54, 1.807) is 6.07 Å². The number of piperidine rings is 2. The summed E-state index contributed by atoms with van der Waals surface area (Å²) in [6.07, 6.45) is 2.82. The zero-order valence-corrected chi connectivity index (χ0v) is 16.0. The molecule has 1 atom stereocenters. The molecule has 3 N–H and O–H groups in total. The summed E-state index contributed by atoms with van der Waals surface area (Å²) in [5.74, 6) is -0.887. The minimum Gasteiger partial charge on any atom is -0.374 e. The third kappa shape index (κ3) is 4.28. The number of hydrogen-bond acceptors (Lipinski definition) is 6. The molecule has 1 aromatic carbocycles. The molecule has 0 aromatic heterocycles. The molecule has 3 heterocycles. The van der Waals surface area contributed by atoms with Crippen LogP contribution in [0, 0.1) is 5.82 Å². The Bertz CT molecular complexity index is 729. The zero-order valence-electron chi connectivity index (χ0n) is 16.0. The van der Waals surface area contributed by atoms with E-state index in [-0.39, 0.29) is 17.6 Å². The molecule has 0 bridgehead atoms. The van der Waals surface area contributed by atoms with Crippen molar-refractivity contribution in [2.24, 2.45) is 0 Å². The van der Waals surface area contributed by atoms with E-state index in [1.165, 1.54) is 6.07 Å². The first-order chi connectivity index (χ1) is 13.6. The molecule has 7 nitrogen and oxygen atoms in total. The lowest BCUT2D eigenvalue weighted by atomic mass is 10.0. The zero-order chi connectivity index (χ0) is 19.5. The minimum absolute atomic E-state index is 0.256. The van der Waals surface area contributed by atoms with Gasteiger partial charge in [-0.3, -0.25) is 19.8 Å². The smallest absolute Gasteiger partial charge is 0.249 e. The first kappa shape index (κ1) is 19.1. The van der Waals surface area contributed by atoms with E-state index in [0.29, 0.717) is 30.3 Å². The van der Waals surface area contributed by atoms with Gasteiger partial charge in [0.25, 0.3) is 0 Å². The van der Waals surface area contributed by atoms with Gasteiger partial charge in [-0.1, -0.05) is 0 Å². The van der Waals surface area contributed by atoms with Gasteiger partial charge in [0, 0.05) is 57.4 Å². The lowest BCUT2D eigenvalue weighted by Crippen LogP contribution is -2.52. The van der Waals surface area contributed by atoms with Gasteiger partial charge in [-0.15, -0.1) is 0 Å². The number of piperazine rings is 1. The molecule has 152 valence electrons. The summed E-state index contributed by atoms with van der Waals surface area (Å²) in [4.78, 5) is 27.8. The molecule has 3 fully saturated rings. The Labute approximate surface area is 164 Å². The van der Waals surface area contributed by atoms with Crippen molar-refractivity contribution >= 4 is 23.2 Å². The number of rotatable bonds is 4. The highest BCUT2D eigenvalue weighted by atomic mass is 19.1. The summed E-state index contributed by atoms with van der Waals surface area (Å²) in [7, 11) is 0. The van der Waals surface area contributed by atoms with Gasteiger partial charge in [-0.05, 0) is 37.5 Å². The first-order valence-electron chi connectivity index (χ1n) is 10.2. The van der Waals surface area contributed by atoms with Gasteiger partial charge in [-0.25, -0.2) is 4.39 Å². The molecule has 0 radical (unpaired) electrons. The van der Waals surface area contributed by atoms with Crippen molar-refractivity contribution in [1.29, 1.82) is 0 Å². The second-order valence-electron chi connectivity index (χ2n) is 7.82. The summed E-state index contributed by atoms with van der Waals surface area (Å²) in [5.41, 5.74) is 1.18. The summed E-state index contributed by atoms with van der Waals surface area (Å²) in [5, 5.41) is 8.73. The summed E-state index contributed by atoms with van der Waals surface area (Å²) in [6.45, 7) is 6.00. The number of hydrogen-bond donors (Lipinski definition) is 3. The topological polar surface area (TPSA) is 76.7 Å². The van der Waals surface area contributed by atoms with Crippen LogP contribution in [-0.2, 0) is 9.59 Å². The standard InChI is InChI=1S/C20H28FN5O2/c21-16-13-14(23-17-2-4-19(27)24-20(17)28)1-3-18(16)26-9-5-15(6-10-26)25-11-7-22-8-12-25/h1,3,13,15,17,22-23H,2,4-12H2,(H,24,27,28). The third-order valence-electron chi connectivity index (χ3n) is 6.00. The number of halogens is 1. The van der Waals surface area contributed by atoms with Crippen molar-refractivity contribution < 1.29 is 14.0 Å². The molecule has 1 unspecified atom stereocenters. The lowest BCUT2D eigenvalue weighted by molar-refractivity contribution is -0.133. The Morgan fingerprint density at radius 1 is 1.04 bits per heavy atom. The molecule has 0 spiro atoms. The monoisotopic (exact) mass is 389 g/mol. The molecule has 3 aliphatic heterocycles. The van der Waals surface area contributed by atoms with Crippen LogP contribution in [0.1, 0.15) is 25.7 Å². The second kappa shape index (κ2) is 8.45. The number of carbonyl (C=O) groups is 2. The predicted molar refractivity (Wildman–Crippen MR) is 106 cm³/mol. The molecular weight excluding hydrogens is 361 g/mol. The van der Waals surface area contributed by atoms with Crippen LogP contribution in [0.2, 0.25) is 0 Å². The average molecular weight is 389 g/mol. The van der Waals surface area contributed by atoms with E-state index in [9.17, 15) is 14.0 Å². The van der Waals surface area contributed by atoms with Crippen LogP contribution >= 0.6 is 0 Å². The molecule has 0 saturated carbocycles. The van der Waals surface area contributed by atoms with E-state index < -0.39 is 6.04 Å². The van der Waals surface area contributed by atoms with Crippen LogP contribution in [0.5, 0.6) is 0 Å². The fourth-order valence-corrected chi connectivity index (χ4v) is 4.40. The maximum Gasteiger partial charge on any atom is 0.249 e. The number of nitrogens with one attached hydrogen (secondary N) is 3. The number of benzene rings is 1. The van der Waals surface area contributed by atoms with Crippen molar-refractivity contribution in [3.05, 3.63) is 24.0 Å². The van der Waals surface area contributed by atoms with Gasteiger partial charge in [-0.2, -0.15) is 0 Å². The van der Waals surface area contributed by atoms with E-state index in [2.05, 4.69) is 25.8 Å². The Hall–Kier alpha value is -2.19. The van der Waals surface area contributed by atoms with E-state index in [1.807, 2.05) is 6.07 Å².